The normalized spacial score (nSPS) is 27.1. The molecule has 1 spiro atoms. The van der Waals surface area contributed by atoms with Crippen LogP contribution in [0.15, 0.2) is 110 Å². The summed E-state index contributed by atoms with van der Waals surface area (Å²) in [7, 11) is -7.27. The fourth-order valence-corrected chi connectivity index (χ4v) is 9.66. The lowest BCUT2D eigenvalue weighted by Crippen LogP contribution is -2.46. The molecular formula is C29H28N2O6P2. The second kappa shape index (κ2) is 10.9. The predicted molar refractivity (Wildman–Crippen MR) is 146 cm³/mol. The lowest BCUT2D eigenvalue weighted by atomic mass is 9.93. The molecule has 2 aromatic carbocycles. The molecule has 0 bridgehead atoms. The maximum Gasteiger partial charge on any atom is 0.342 e. The SMILES string of the molecule is O=P1(C(c2ccccc2)c2ccccc2)OCC2(CO1)COP(=O)(C(c1cccnc1)c1cccnc1)OC2. The van der Waals surface area contributed by atoms with Gasteiger partial charge in [0.2, 0.25) is 0 Å². The molecule has 0 aliphatic carbocycles. The molecule has 2 aliphatic rings. The van der Waals surface area contributed by atoms with Crippen LogP contribution in [-0.2, 0) is 27.2 Å². The third-order valence-corrected chi connectivity index (χ3v) is 11.5. The van der Waals surface area contributed by atoms with Crippen molar-refractivity contribution < 1.29 is 27.2 Å². The number of hydrogen-bond acceptors (Lipinski definition) is 8. The minimum absolute atomic E-state index is 0.0721. The average Bonchev–Trinajstić information content (AvgIpc) is 2.99. The summed E-state index contributed by atoms with van der Waals surface area (Å²) in [5, 5.41) is 0. The van der Waals surface area contributed by atoms with Crippen LogP contribution in [0.5, 0.6) is 0 Å². The number of benzene rings is 2. The van der Waals surface area contributed by atoms with E-state index in [2.05, 4.69) is 9.97 Å². The van der Waals surface area contributed by atoms with Crippen molar-refractivity contribution in [3.05, 3.63) is 132 Å². The van der Waals surface area contributed by atoms with Crippen molar-refractivity contribution in [2.75, 3.05) is 26.4 Å². The minimum Gasteiger partial charge on any atom is -0.307 e. The summed E-state index contributed by atoms with van der Waals surface area (Å²) in [6, 6.07) is 26.4. The van der Waals surface area contributed by atoms with Crippen LogP contribution in [0.4, 0.5) is 0 Å². The van der Waals surface area contributed by atoms with Crippen LogP contribution < -0.4 is 0 Å². The molecule has 4 heterocycles. The Hall–Kier alpha value is -2.96. The van der Waals surface area contributed by atoms with Crippen LogP contribution in [0.1, 0.15) is 33.6 Å². The minimum atomic E-state index is -3.67. The van der Waals surface area contributed by atoms with Crippen LogP contribution in [0.3, 0.4) is 0 Å². The van der Waals surface area contributed by atoms with Gasteiger partial charge in [-0.2, -0.15) is 0 Å². The summed E-state index contributed by atoms with van der Waals surface area (Å²) >= 11 is 0. The van der Waals surface area contributed by atoms with Gasteiger partial charge in [0, 0.05) is 24.8 Å². The molecule has 200 valence electrons. The standard InChI is InChI=1S/C29H28N2O6P2/c32-38(27(23-9-3-1-4-10-23)24-11-5-2-6-12-24)34-19-29(20-35-38)21-36-39(33,37-22-29)28(25-13-7-15-30-17-25)26-14-8-16-31-18-26/h1-18,27-28H,19-22H2. The van der Waals surface area contributed by atoms with Crippen LogP contribution in [0, 0.1) is 5.41 Å². The Morgan fingerprint density at radius 3 is 1.26 bits per heavy atom. The van der Waals surface area contributed by atoms with Gasteiger partial charge in [0.1, 0.15) is 11.3 Å². The molecule has 2 saturated heterocycles. The van der Waals surface area contributed by atoms with Gasteiger partial charge in [0.05, 0.1) is 31.8 Å². The molecule has 0 amide bonds. The molecule has 6 rings (SSSR count). The topological polar surface area (TPSA) is 96.8 Å². The fourth-order valence-electron chi connectivity index (χ4n) is 4.99. The third-order valence-electron chi connectivity index (χ3n) is 7.07. The van der Waals surface area contributed by atoms with Crippen molar-refractivity contribution in [3.8, 4) is 0 Å². The van der Waals surface area contributed by atoms with Gasteiger partial charge in [0.15, 0.2) is 0 Å². The first-order chi connectivity index (χ1) is 19.0. The van der Waals surface area contributed by atoms with Gasteiger partial charge in [-0.1, -0.05) is 72.8 Å². The van der Waals surface area contributed by atoms with E-state index >= 15 is 0 Å². The maximum absolute atomic E-state index is 14.2. The lowest BCUT2D eigenvalue weighted by Gasteiger charge is -2.45. The fraction of sp³-hybridized carbons (Fsp3) is 0.241. The highest BCUT2D eigenvalue weighted by atomic mass is 31.2. The third kappa shape index (κ3) is 5.29. The zero-order valence-corrected chi connectivity index (χ0v) is 22.9. The first kappa shape index (κ1) is 26.3. The Kier molecular flexibility index (Phi) is 7.34. The van der Waals surface area contributed by atoms with Crippen molar-refractivity contribution in [1.82, 2.24) is 9.97 Å². The van der Waals surface area contributed by atoms with Crippen LogP contribution in [-0.4, -0.2) is 36.4 Å². The molecule has 2 aliphatic heterocycles. The lowest BCUT2D eigenvalue weighted by molar-refractivity contribution is -0.0703. The summed E-state index contributed by atoms with van der Waals surface area (Å²) in [6.45, 7) is 0.321. The molecule has 0 N–H and O–H groups in total. The smallest absolute Gasteiger partial charge is 0.307 e. The van der Waals surface area contributed by atoms with Crippen molar-refractivity contribution in [2.45, 2.75) is 11.3 Å². The molecule has 2 fully saturated rings. The van der Waals surface area contributed by atoms with E-state index in [0.717, 1.165) is 11.1 Å². The molecule has 10 heteroatoms. The van der Waals surface area contributed by atoms with E-state index in [4.69, 9.17) is 18.1 Å². The van der Waals surface area contributed by atoms with Gasteiger partial charge in [-0.3, -0.25) is 19.1 Å². The highest BCUT2D eigenvalue weighted by molar-refractivity contribution is 7.55. The van der Waals surface area contributed by atoms with E-state index in [9.17, 15) is 9.13 Å². The zero-order chi connectivity index (χ0) is 26.8. The molecule has 39 heavy (non-hydrogen) atoms. The van der Waals surface area contributed by atoms with Crippen molar-refractivity contribution in [3.63, 3.8) is 0 Å². The molecule has 8 nitrogen and oxygen atoms in total. The quantitative estimate of drug-likeness (QED) is 0.236. The van der Waals surface area contributed by atoms with E-state index in [-0.39, 0.29) is 26.4 Å². The Labute approximate surface area is 227 Å². The second-order valence-electron chi connectivity index (χ2n) is 9.87. The first-order valence-corrected chi connectivity index (χ1v) is 15.9. The van der Waals surface area contributed by atoms with E-state index < -0.39 is 31.9 Å². The average molecular weight is 562 g/mol. The molecule has 4 aromatic rings. The molecule has 0 atom stereocenters. The second-order valence-corrected chi connectivity index (χ2v) is 14.1. The number of pyridine rings is 2. The number of hydrogen-bond donors (Lipinski definition) is 0. The predicted octanol–water partition coefficient (Wildman–Crippen LogP) is 6.82. The van der Waals surface area contributed by atoms with Crippen molar-refractivity contribution in [2.24, 2.45) is 5.41 Å². The van der Waals surface area contributed by atoms with Gasteiger partial charge in [-0.25, -0.2) is 0 Å². The largest absolute Gasteiger partial charge is 0.342 e. The van der Waals surface area contributed by atoms with Gasteiger partial charge >= 0.3 is 15.2 Å². The Morgan fingerprint density at radius 1 is 0.538 bits per heavy atom. The first-order valence-electron chi connectivity index (χ1n) is 12.7. The number of nitrogens with zero attached hydrogens (tertiary/aromatic N) is 2. The molecular weight excluding hydrogens is 534 g/mol. The maximum atomic E-state index is 14.2. The van der Waals surface area contributed by atoms with E-state index in [1.54, 1.807) is 36.9 Å². The van der Waals surface area contributed by atoms with Crippen molar-refractivity contribution >= 4 is 15.2 Å². The molecule has 0 radical (unpaired) electrons. The highest BCUT2D eigenvalue weighted by Crippen LogP contribution is 2.70. The highest BCUT2D eigenvalue weighted by Gasteiger charge is 2.53. The van der Waals surface area contributed by atoms with Crippen LogP contribution in [0.25, 0.3) is 0 Å². The van der Waals surface area contributed by atoms with Crippen LogP contribution >= 0.6 is 15.2 Å². The van der Waals surface area contributed by atoms with Gasteiger partial charge in [-0.05, 0) is 34.4 Å². The summed E-state index contributed by atoms with van der Waals surface area (Å²) in [6.07, 6.45) is 6.63. The monoisotopic (exact) mass is 562 g/mol. The van der Waals surface area contributed by atoms with E-state index in [1.165, 1.54) is 0 Å². The summed E-state index contributed by atoms with van der Waals surface area (Å²) < 4.78 is 52.6. The Bertz CT molecular complexity index is 1270. The van der Waals surface area contributed by atoms with Gasteiger partial charge in [0.25, 0.3) is 0 Å². The van der Waals surface area contributed by atoms with Gasteiger partial charge in [-0.15, -0.1) is 0 Å². The van der Waals surface area contributed by atoms with Crippen molar-refractivity contribution in [1.29, 1.82) is 0 Å². The zero-order valence-electron chi connectivity index (χ0n) is 21.1. The van der Waals surface area contributed by atoms with Crippen LogP contribution in [0.2, 0.25) is 0 Å². The van der Waals surface area contributed by atoms with E-state index in [1.807, 2.05) is 72.8 Å². The molecule has 2 aromatic heterocycles. The van der Waals surface area contributed by atoms with E-state index in [0.29, 0.717) is 11.1 Å². The Morgan fingerprint density at radius 2 is 0.897 bits per heavy atom. The summed E-state index contributed by atoms with van der Waals surface area (Å²) in [4.78, 5) is 8.40. The Balaban J connectivity index is 1.22. The van der Waals surface area contributed by atoms with Gasteiger partial charge < -0.3 is 18.1 Å². The number of rotatable bonds is 6. The summed E-state index contributed by atoms with van der Waals surface area (Å²) in [5.74, 6) is 0. The summed E-state index contributed by atoms with van der Waals surface area (Å²) in [5.41, 5.74) is 1.11. The molecule has 0 unspecified atom stereocenters. The number of aromatic nitrogens is 2. The molecule has 0 saturated carbocycles.